The number of hydrogen-bond donors (Lipinski definition) is 2. The van der Waals surface area contributed by atoms with Crippen molar-refractivity contribution in [1.82, 2.24) is 5.32 Å². The minimum Gasteiger partial charge on any atom is -0.464 e. The largest absolute Gasteiger partial charge is 0.464 e. The number of ketones is 1. The van der Waals surface area contributed by atoms with Gasteiger partial charge in [0.05, 0.1) is 13.0 Å². The number of allylic oxidation sites excluding steroid dienone is 1. The number of benzene rings is 1. The van der Waals surface area contributed by atoms with Gasteiger partial charge in [-0.2, -0.15) is 0 Å². The van der Waals surface area contributed by atoms with E-state index in [1.165, 1.54) is 5.57 Å². The molecule has 42 heavy (non-hydrogen) atoms. The molecular formula is C34H45NO7. The summed E-state index contributed by atoms with van der Waals surface area (Å²) in [6, 6.07) is 7.32. The van der Waals surface area contributed by atoms with Gasteiger partial charge in [0.2, 0.25) is 5.91 Å². The Hall–Kier alpha value is -3.00. The van der Waals surface area contributed by atoms with Gasteiger partial charge in [0.25, 0.3) is 0 Å². The van der Waals surface area contributed by atoms with E-state index in [9.17, 15) is 24.3 Å². The maximum atomic E-state index is 13.0. The first-order valence-electron chi connectivity index (χ1n) is 15.7. The number of nitrogens with one attached hydrogen (secondary N) is 1. The summed E-state index contributed by atoms with van der Waals surface area (Å²) >= 11 is 0. The quantitative estimate of drug-likeness (QED) is 0.396. The van der Waals surface area contributed by atoms with Crippen molar-refractivity contribution in [2.45, 2.75) is 103 Å². The molecule has 0 heterocycles. The van der Waals surface area contributed by atoms with Gasteiger partial charge >= 0.3 is 11.9 Å². The van der Waals surface area contributed by atoms with Gasteiger partial charge in [0.1, 0.15) is 12.2 Å². The van der Waals surface area contributed by atoms with Crippen LogP contribution in [0.4, 0.5) is 0 Å². The molecule has 0 aromatic heterocycles. The van der Waals surface area contributed by atoms with Gasteiger partial charge in [-0.25, -0.2) is 4.79 Å². The molecule has 3 fully saturated rings. The molecule has 228 valence electrons. The Morgan fingerprint density at radius 3 is 2.50 bits per heavy atom. The van der Waals surface area contributed by atoms with Gasteiger partial charge < -0.3 is 19.9 Å². The van der Waals surface area contributed by atoms with Crippen LogP contribution in [0.5, 0.6) is 0 Å². The van der Waals surface area contributed by atoms with Crippen molar-refractivity contribution in [2.24, 2.45) is 28.6 Å². The van der Waals surface area contributed by atoms with Gasteiger partial charge in [-0.3, -0.25) is 14.4 Å². The molecule has 8 nitrogen and oxygen atoms in total. The molecule has 2 N–H and O–H groups in total. The number of rotatable bonds is 9. The van der Waals surface area contributed by atoms with Gasteiger partial charge in [0, 0.05) is 18.3 Å². The molecule has 4 aliphatic rings. The third-order valence-corrected chi connectivity index (χ3v) is 11.0. The van der Waals surface area contributed by atoms with Gasteiger partial charge in [0.15, 0.2) is 11.8 Å². The minimum absolute atomic E-state index is 0.0874. The number of ether oxygens (including phenoxy) is 2. The Kier molecular flexibility index (Phi) is 8.93. The van der Waals surface area contributed by atoms with E-state index < -0.39 is 30.0 Å². The molecule has 0 saturated heterocycles. The van der Waals surface area contributed by atoms with Crippen molar-refractivity contribution in [3.8, 4) is 0 Å². The number of carbonyl (C=O) groups excluding carboxylic acids is 4. The van der Waals surface area contributed by atoms with Gasteiger partial charge in [-0.05, 0) is 86.7 Å². The molecule has 0 radical (unpaired) electrons. The van der Waals surface area contributed by atoms with Crippen LogP contribution >= 0.6 is 0 Å². The molecule has 1 aromatic rings. The zero-order chi connectivity index (χ0) is 30.1. The number of hydrogen-bond acceptors (Lipinski definition) is 7. The van der Waals surface area contributed by atoms with Crippen LogP contribution in [0.3, 0.4) is 0 Å². The fourth-order valence-electron chi connectivity index (χ4n) is 8.73. The Morgan fingerprint density at radius 1 is 1.00 bits per heavy atom. The molecule has 0 aliphatic heterocycles. The molecule has 1 amide bonds. The van der Waals surface area contributed by atoms with Crippen molar-refractivity contribution >= 4 is 23.6 Å². The van der Waals surface area contributed by atoms with Crippen LogP contribution in [0.1, 0.15) is 96.6 Å². The highest BCUT2D eigenvalue weighted by molar-refractivity contribution is 5.91. The lowest BCUT2D eigenvalue weighted by Crippen LogP contribution is -2.51. The summed E-state index contributed by atoms with van der Waals surface area (Å²) < 4.78 is 11.1. The van der Waals surface area contributed by atoms with Crippen molar-refractivity contribution < 1.29 is 33.8 Å². The Labute approximate surface area is 248 Å². The van der Waals surface area contributed by atoms with E-state index in [-0.39, 0.29) is 42.2 Å². The first-order chi connectivity index (χ1) is 20.1. The fourth-order valence-corrected chi connectivity index (χ4v) is 8.73. The topological polar surface area (TPSA) is 119 Å². The number of aliphatic hydroxyl groups is 1. The zero-order valence-corrected chi connectivity index (χ0v) is 25.1. The third-order valence-electron chi connectivity index (χ3n) is 11.0. The van der Waals surface area contributed by atoms with E-state index in [4.69, 9.17) is 9.47 Å². The standard InChI is InChI=1S/C34H45NO7/c1-4-41-32(40)30(31(39)21-8-6-5-7-9-21)35-28(37)14-15-29(38)42-27-13-12-25-24-11-10-22-20-23(36)16-18-33(22,2)26(24)17-19-34(25,27)3/h5-9,20,24-27,30-31,39H,4,10-19H2,1-3H3,(H,35,37)/t24-,25+,26+,27+,30+,31+,33-,34-/m0/s1. The van der Waals surface area contributed by atoms with Gasteiger partial charge in [-0.1, -0.05) is 49.8 Å². The van der Waals surface area contributed by atoms with E-state index in [2.05, 4.69) is 19.2 Å². The molecule has 4 aliphatic carbocycles. The first kappa shape index (κ1) is 30.5. The maximum absolute atomic E-state index is 13.0. The molecule has 0 unspecified atom stereocenters. The summed E-state index contributed by atoms with van der Waals surface area (Å²) in [5, 5.41) is 13.3. The molecule has 1 aromatic carbocycles. The third kappa shape index (κ3) is 5.79. The molecule has 3 saturated carbocycles. The lowest BCUT2D eigenvalue weighted by atomic mass is 9.47. The van der Waals surface area contributed by atoms with Crippen molar-refractivity contribution in [3.05, 3.63) is 47.5 Å². The monoisotopic (exact) mass is 579 g/mol. The van der Waals surface area contributed by atoms with Crippen LogP contribution in [0.2, 0.25) is 0 Å². The first-order valence-corrected chi connectivity index (χ1v) is 15.7. The van der Waals surface area contributed by atoms with Gasteiger partial charge in [-0.15, -0.1) is 0 Å². The average molecular weight is 580 g/mol. The van der Waals surface area contributed by atoms with Crippen LogP contribution in [-0.2, 0) is 28.7 Å². The normalized spacial score (nSPS) is 33.2. The molecule has 5 rings (SSSR count). The van der Waals surface area contributed by atoms with Crippen molar-refractivity contribution in [2.75, 3.05) is 6.61 Å². The van der Waals surface area contributed by atoms with E-state index in [0.29, 0.717) is 29.7 Å². The number of fused-ring (bicyclic) bond motifs is 5. The summed E-state index contributed by atoms with van der Waals surface area (Å²) in [4.78, 5) is 50.4. The number of amides is 1. The molecule has 0 spiro atoms. The summed E-state index contributed by atoms with van der Waals surface area (Å²) in [5.41, 5.74) is 1.85. The maximum Gasteiger partial charge on any atom is 0.331 e. The summed E-state index contributed by atoms with van der Waals surface area (Å²) in [7, 11) is 0. The van der Waals surface area contributed by atoms with Crippen molar-refractivity contribution in [1.29, 1.82) is 0 Å². The van der Waals surface area contributed by atoms with Crippen molar-refractivity contribution in [3.63, 3.8) is 0 Å². The summed E-state index contributed by atoms with van der Waals surface area (Å²) in [6.07, 6.45) is 7.81. The van der Waals surface area contributed by atoms with E-state index >= 15 is 0 Å². The highest BCUT2D eigenvalue weighted by Gasteiger charge is 2.60. The van der Waals surface area contributed by atoms with Crippen LogP contribution in [0.25, 0.3) is 0 Å². The van der Waals surface area contributed by atoms with Crippen LogP contribution < -0.4 is 5.32 Å². The highest BCUT2D eigenvalue weighted by Crippen LogP contribution is 2.65. The lowest BCUT2D eigenvalue weighted by Gasteiger charge is -2.57. The molecule has 8 heteroatoms. The molecular weight excluding hydrogens is 534 g/mol. The number of aliphatic hydroxyl groups excluding tert-OH is 1. The fraction of sp³-hybridized carbons (Fsp3) is 0.647. The average Bonchev–Trinajstić information content (AvgIpc) is 3.31. The van der Waals surface area contributed by atoms with E-state index in [0.717, 1.165) is 44.9 Å². The minimum atomic E-state index is -1.28. The van der Waals surface area contributed by atoms with E-state index in [1.807, 2.05) is 6.08 Å². The van der Waals surface area contributed by atoms with Crippen LogP contribution in [-0.4, -0.2) is 47.5 Å². The second-order valence-corrected chi connectivity index (χ2v) is 13.2. The smallest absolute Gasteiger partial charge is 0.331 e. The molecule has 0 bridgehead atoms. The second-order valence-electron chi connectivity index (χ2n) is 13.2. The Bertz CT molecular complexity index is 1230. The second kappa shape index (κ2) is 12.3. The summed E-state index contributed by atoms with van der Waals surface area (Å²) in [6.45, 7) is 6.41. The predicted octanol–water partition coefficient (Wildman–Crippen LogP) is 4.99. The highest BCUT2D eigenvalue weighted by atomic mass is 16.5. The Morgan fingerprint density at radius 2 is 1.76 bits per heavy atom. The van der Waals surface area contributed by atoms with E-state index in [1.54, 1.807) is 37.3 Å². The number of carbonyl (C=O) groups is 4. The summed E-state index contributed by atoms with van der Waals surface area (Å²) in [5.74, 6) is 0.225. The number of esters is 2. The van der Waals surface area contributed by atoms with Crippen LogP contribution in [0.15, 0.2) is 42.0 Å². The van der Waals surface area contributed by atoms with Crippen LogP contribution in [0, 0.1) is 28.6 Å². The zero-order valence-electron chi connectivity index (χ0n) is 25.1. The molecule has 8 atom stereocenters. The Balaban J connectivity index is 1.17. The predicted molar refractivity (Wildman–Crippen MR) is 156 cm³/mol. The SMILES string of the molecule is CCOC(=O)[C@H](NC(=O)CCC(=O)O[C@@H]1CC[C@@H]2[C@@H]3CCC4=CC(=O)CC[C@]4(C)[C@@H]3CC[C@@]21C)[C@H](O)c1ccccc1. The lowest BCUT2D eigenvalue weighted by molar-refractivity contribution is -0.160.